The van der Waals surface area contributed by atoms with Crippen LogP contribution >= 0.6 is 23.2 Å². The van der Waals surface area contributed by atoms with Gasteiger partial charge < -0.3 is 26.7 Å². The van der Waals surface area contributed by atoms with E-state index in [2.05, 4.69) is 14.8 Å². The van der Waals surface area contributed by atoms with Crippen LogP contribution in [0.4, 0.5) is 5.69 Å². The van der Waals surface area contributed by atoms with Crippen LogP contribution in [0.5, 0.6) is 5.75 Å². The molecule has 1 heterocycles. The van der Waals surface area contributed by atoms with E-state index < -0.39 is 5.60 Å². The van der Waals surface area contributed by atoms with E-state index in [1.807, 2.05) is 30.3 Å². The molecular formula is C22H23Cl2N3NaO2-. The molecule has 8 heteroatoms. The van der Waals surface area contributed by atoms with Crippen LogP contribution in [0.3, 0.4) is 0 Å². The van der Waals surface area contributed by atoms with Gasteiger partial charge in [0.1, 0.15) is 5.75 Å². The molecule has 0 radical (unpaired) electrons. The van der Waals surface area contributed by atoms with E-state index in [0.717, 1.165) is 11.3 Å². The fourth-order valence-corrected chi connectivity index (χ4v) is 4.04. The number of phenols is 1. The summed E-state index contributed by atoms with van der Waals surface area (Å²) in [6, 6.07) is 12.6. The van der Waals surface area contributed by atoms with Crippen molar-refractivity contribution in [3.63, 3.8) is 0 Å². The smallest absolute Gasteiger partial charge is 0.595 e. The van der Waals surface area contributed by atoms with Gasteiger partial charge in [-0.05, 0) is 36.8 Å². The maximum absolute atomic E-state index is 10.6. The summed E-state index contributed by atoms with van der Waals surface area (Å²) < 4.78 is 0. The number of β-amino-alcohol motifs (C(OH)–C–C–N with tert-alkyl or cyclic N) is 1. The van der Waals surface area contributed by atoms with Crippen molar-refractivity contribution in [3.05, 3.63) is 70.3 Å². The van der Waals surface area contributed by atoms with Crippen LogP contribution in [0.2, 0.25) is 10.0 Å². The number of rotatable bonds is 6. The average molecular weight is 455 g/mol. The summed E-state index contributed by atoms with van der Waals surface area (Å²) in [6.45, 7) is 14.9. The van der Waals surface area contributed by atoms with Gasteiger partial charge in [0.05, 0.1) is 16.8 Å². The Balaban J connectivity index is 0.00000320. The number of benzene rings is 2. The van der Waals surface area contributed by atoms with Crippen molar-refractivity contribution in [3.8, 4) is 5.75 Å². The Labute approximate surface area is 209 Å². The summed E-state index contributed by atoms with van der Waals surface area (Å²) in [5.41, 5.74) is 0.546. The molecule has 154 valence electrons. The predicted octanol–water partition coefficient (Wildman–Crippen LogP) is 1.21. The molecule has 3 rings (SSSR count). The Morgan fingerprint density at radius 2 is 1.87 bits per heavy atom. The second-order valence-electron chi connectivity index (χ2n) is 7.42. The van der Waals surface area contributed by atoms with E-state index in [-0.39, 0.29) is 47.0 Å². The molecule has 0 amide bonds. The van der Waals surface area contributed by atoms with Gasteiger partial charge in [0.15, 0.2) is 0 Å². The minimum atomic E-state index is -1.34. The molecule has 5 nitrogen and oxygen atoms in total. The van der Waals surface area contributed by atoms with Crippen LogP contribution in [0, 0.1) is 6.58 Å². The second kappa shape index (κ2) is 10.5. The van der Waals surface area contributed by atoms with E-state index in [9.17, 15) is 10.2 Å². The molecule has 0 aromatic heterocycles. The second-order valence-corrected chi connectivity index (χ2v) is 8.26. The molecular weight excluding hydrogens is 432 g/mol. The first-order chi connectivity index (χ1) is 13.7. The molecule has 2 aromatic rings. The fraction of sp³-hybridized carbons (Fsp3) is 0.318. The Morgan fingerprint density at radius 1 is 1.20 bits per heavy atom. The van der Waals surface area contributed by atoms with E-state index in [1.54, 1.807) is 13.0 Å². The van der Waals surface area contributed by atoms with Gasteiger partial charge in [-0.15, -0.1) is 0 Å². The van der Waals surface area contributed by atoms with Crippen LogP contribution in [0.15, 0.2) is 53.2 Å². The molecule has 1 fully saturated rings. The molecule has 0 aliphatic carbocycles. The van der Waals surface area contributed by atoms with Gasteiger partial charge >= 0.3 is 29.6 Å². The van der Waals surface area contributed by atoms with Crippen molar-refractivity contribution < 1.29 is 39.8 Å². The van der Waals surface area contributed by atoms with Gasteiger partial charge in [-0.25, -0.2) is 0 Å². The number of halogens is 2. The quantitative estimate of drug-likeness (QED) is 0.391. The molecule has 2 aromatic carbocycles. The van der Waals surface area contributed by atoms with Gasteiger partial charge in [0, 0.05) is 42.9 Å². The van der Waals surface area contributed by atoms with Crippen molar-refractivity contribution in [1.29, 1.82) is 0 Å². The zero-order valence-corrected chi connectivity index (χ0v) is 20.6. The summed E-state index contributed by atoms with van der Waals surface area (Å²) in [5.74, 6) is 0.119. The number of piperazine rings is 1. The maximum atomic E-state index is 10.6. The normalized spacial score (nSPS) is 18.9. The van der Waals surface area contributed by atoms with Crippen LogP contribution in [-0.2, 0) is 0 Å². The Hall–Kier alpha value is -1.05. The summed E-state index contributed by atoms with van der Waals surface area (Å²) in [4.78, 5) is 7.75. The van der Waals surface area contributed by atoms with Crippen molar-refractivity contribution in [2.45, 2.75) is 18.6 Å². The van der Waals surface area contributed by atoms with Crippen molar-refractivity contribution in [2.75, 3.05) is 31.1 Å². The zero-order chi connectivity index (χ0) is 21.2. The van der Waals surface area contributed by atoms with Crippen molar-refractivity contribution in [2.24, 2.45) is 4.99 Å². The topological polar surface area (TPSA) is 59.3 Å². The molecule has 2 atom stereocenters. The minimum Gasteiger partial charge on any atom is -0.595 e. The minimum absolute atomic E-state index is 0. The molecule has 0 bridgehead atoms. The molecule has 1 saturated heterocycles. The molecule has 1 aliphatic heterocycles. The summed E-state index contributed by atoms with van der Waals surface area (Å²) in [6.07, 6.45) is 0. The Morgan fingerprint density at radius 3 is 2.47 bits per heavy atom. The number of hydrogen-bond acceptors (Lipinski definition) is 5. The molecule has 0 saturated carbocycles. The number of aliphatic imine (C=N–C) groups is 1. The third-order valence-electron chi connectivity index (χ3n) is 5.18. The number of phenolic OH excluding ortho intramolecular Hbond substituents is 1. The number of hydrogen-bond donors (Lipinski definition) is 2. The van der Waals surface area contributed by atoms with Gasteiger partial charge in [-0.1, -0.05) is 35.3 Å². The molecule has 0 unspecified atom stereocenters. The third kappa shape index (κ3) is 5.80. The van der Waals surface area contributed by atoms with Crippen LogP contribution in [-0.4, -0.2) is 53.6 Å². The first-order valence-corrected chi connectivity index (χ1v) is 9.96. The molecule has 2 N–H and O–H groups in total. The van der Waals surface area contributed by atoms with Gasteiger partial charge in [0.25, 0.3) is 0 Å². The number of aromatic hydroxyl groups is 1. The fourth-order valence-electron chi connectivity index (χ4n) is 3.63. The Kier molecular flexibility index (Phi) is 8.83. The van der Waals surface area contributed by atoms with E-state index >= 15 is 0 Å². The van der Waals surface area contributed by atoms with Gasteiger partial charge in [-0.3, -0.25) is 10.6 Å². The van der Waals surface area contributed by atoms with Gasteiger partial charge in [-0.2, -0.15) is 6.72 Å². The van der Waals surface area contributed by atoms with Crippen molar-refractivity contribution in [1.82, 2.24) is 4.90 Å². The Bertz CT molecular complexity index is 906. The van der Waals surface area contributed by atoms with Crippen LogP contribution < -0.4 is 34.5 Å². The van der Waals surface area contributed by atoms with E-state index in [1.165, 1.54) is 6.07 Å². The summed E-state index contributed by atoms with van der Waals surface area (Å²) in [5, 5.41) is 21.5. The predicted molar refractivity (Wildman–Crippen MR) is 118 cm³/mol. The maximum Gasteiger partial charge on any atom is 1.00 e. The van der Waals surface area contributed by atoms with Crippen LogP contribution in [0.25, 0.3) is 0 Å². The zero-order valence-electron chi connectivity index (χ0n) is 17.1. The molecule has 1 aliphatic rings. The summed E-state index contributed by atoms with van der Waals surface area (Å²) >= 11 is 12.5. The monoisotopic (exact) mass is 454 g/mol. The van der Waals surface area contributed by atoms with Crippen molar-refractivity contribution >= 4 is 35.6 Å². The average Bonchev–Trinajstić information content (AvgIpc) is 2.68. The molecule has 30 heavy (non-hydrogen) atoms. The first-order valence-electron chi connectivity index (χ1n) is 9.20. The first kappa shape index (κ1) is 25.2. The third-order valence-corrected chi connectivity index (χ3v) is 5.74. The number of nitrogens with zero attached hydrogens (tertiary/aromatic N) is 3. The largest absolute Gasteiger partial charge is 1.00 e. The van der Waals surface area contributed by atoms with E-state index in [4.69, 9.17) is 36.5 Å². The number of anilines is 1. The van der Waals surface area contributed by atoms with E-state index in [0.29, 0.717) is 36.2 Å². The summed E-state index contributed by atoms with van der Waals surface area (Å²) in [7, 11) is 0. The van der Waals surface area contributed by atoms with Crippen LogP contribution in [0.1, 0.15) is 18.5 Å². The SMILES string of the molecule is [CH-]=NC(=[CH-])[C@](C)(O)CN1CCN(c2ccc(O)cc2Cl)[C@H](c2ccc(Cl)cc2)C1.[Na+]. The standard InChI is InChI=1S/C22H23Cl2N3O2.Na/c1-15(25-3)22(2,29)14-26-10-11-27(20-9-8-18(28)12-19(20)24)21(13-26)16-4-6-17(23)7-5-16;/h1,3-9,12,21,28-29H,10-11,13-14H2,2H3;/q-2;+1/t21-,22+;/m0./s1. The number of aliphatic hydroxyl groups is 1. The molecule has 0 spiro atoms. The van der Waals surface area contributed by atoms with Gasteiger partial charge in [0.2, 0.25) is 0 Å².